The van der Waals surface area contributed by atoms with Crippen LogP contribution >= 0.6 is 15.9 Å². The Kier molecular flexibility index (Phi) is 3.87. The molecule has 0 bridgehead atoms. The minimum absolute atomic E-state index is 0.222. The largest absolute Gasteiger partial charge is 0.391 e. The van der Waals surface area contributed by atoms with E-state index in [-0.39, 0.29) is 10.9 Å². The van der Waals surface area contributed by atoms with E-state index in [0.29, 0.717) is 12.8 Å². The number of aliphatic hydroxyl groups excluding tert-OH is 1. The number of hydrogen-bond donors (Lipinski definition) is 2. The molecule has 6 heteroatoms. The Morgan fingerprint density at radius 3 is 2.41 bits per heavy atom. The van der Waals surface area contributed by atoms with Crippen molar-refractivity contribution in [3.63, 3.8) is 0 Å². The highest BCUT2D eigenvalue weighted by atomic mass is 79.9. The number of benzene rings is 1. The van der Waals surface area contributed by atoms with E-state index in [4.69, 9.17) is 0 Å². The van der Waals surface area contributed by atoms with E-state index >= 15 is 0 Å². The molecule has 0 unspecified atom stereocenters. The van der Waals surface area contributed by atoms with Gasteiger partial charge in [-0.3, -0.25) is 0 Å². The molecule has 1 aromatic rings. The maximum atomic E-state index is 12.0. The van der Waals surface area contributed by atoms with Crippen LogP contribution in [0.4, 0.5) is 0 Å². The highest BCUT2D eigenvalue weighted by molar-refractivity contribution is 9.10. The normalized spacial score (nSPS) is 25.1. The van der Waals surface area contributed by atoms with Gasteiger partial charge in [-0.2, -0.15) is 0 Å². The van der Waals surface area contributed by atoms with Crippen molar-refractivity contribution in [3.8, 4) is 0 Å². The molecule has 0 amide bonds. The zero-order valence-electron chi connectivity index (χ0n) is 9.14. The van der Waals surface area contributed by atoms with Gasteiger partial charge in [-0.15, -0.1) is 0 Å². The van der Waals surface area contributed by atoms with Crippen LogP contribution in [-0.2, 0) is 10.0 Å². The number of nitrogens with one attached hydrogen (secondary N) is 1. The van der Waals surface area contributed by atoms with Crippen LogP contribution in [0.25, 0.3) is 0 Å². The molecule has 0 aliphatic heterocycles. The Labute approximate surface area is 109 Å². The molecule has 0 spiro atoms. The van der Waals surface area contributed by atoms with Crippen LogP contribution in [0.2, 0.25) is 0 Å². The lowest BCUT2D eigenvalue weighted by molar-refractivity contribution is 0.159. The molecule has 0 aromatic heterocycles. The van der Waals surface area contributed by atoms with Gasteiger partial charge in [0.05, 0.1) is 11.0 Å². The zero-order chi connectivity index (χ0) is 12.5. The summed E-state index contributed by atoms with van der Waals surface area (Å²) in [5.74, 6) is 0. The lowest BCUT2D eigenvalue weighted by atomic mass is 10.2. The third-order valence-corrected chi connectivity index (χ3v) is 4.94. The van der Waals surface area contributed by atoms with Crippen molar-refractivity contribution in [3.05, 3.63) is 28.7 Å². The molecule has 1 saturated carbocycles. The molecule has 0 radical (unpaired) electrons. The SMILES string of the molecule is O=S(=O)(N[C@H]1CCC[C@H]1O)c1ccc(Br)cc1. The summed E-state index contributed by atoms with van der Waals surface area (Å²) < 4.78 is 27.4. The quantitative estimate of drug-likeness (QED) is 0.890. The fourth-order valence-electron chi connectivity index (χ4n) is 1.96. The number of halogens is 1. The lowest BCUT2D eigenvalue weighted by Crippen LogP contribution is -2.39. The molecule has 17 heavy (non-hydrogen) atoms. The van der Waals surface area contributed by atoms with Gasteiger partial charge in [0.15, 0.2) is 0 Å². The first kappa shape index (κ1) is 13.0. The molecule has 4 nitrogen and oxygen atoms in total. The van der Waals surface area contributed by atoms with Gasteiger partial charge in [-0.25, -0.2) is 13.1 Å². The average molecular weight is 320 g/mol. The number of rotatable bonds is 3. The molecule has 2 rings (SSSR count). The second-order valence-electron chi connectivity index (χ2n) is 4.18. The van der Waals surface area contributed by atoms with E-state index in [1.54, 1.807) is 12.1 Å². The average Bonchev–Trinajstić information content (AvgIpc) is 2.64. The van der Waals surface area contributed by atoms with Crippen LogP contribution in [0.1, 0.15) is 19.3 Å². The Morgan fingerprint density at radius 2 is 1.88 bits per heavy atom. The van der Waals surface area contributed by atoms with Crippen molar-refractivity contribution in [1.82, 2.24) is 4.72 Å². The van der Waals surface area contributed by atoms with E-state index < -0.39 is 16.1 Å². The third-order valence-electron chi connectivity index (χ3n) is 2.91. The van der Waals surface area contributed by atoms with E-state index in [1.165, 1.54) is 12.1 Å². The standard InChI is InChI=1S/C11H14BrNO3S/c12-8-4-6-9(7-5-8)17(15,16)13-10-2-1-3-11(10)14/h4-7,10-11,13-14H,1-3H2/t10-,11+/m0/s1. The minimum Gasteiger partial charge on any atom is -0.391 e. The van der Waals surface area contributed by atoms with E-state index in [1.807, 2.05) is 0 Å². The number of hydrogen-bond acceptors (Lipinski definition) is 3. The van der Waals surface area contributed by atoms with Gasteiger partial charge >= 0.3 is 0 Å². The molecule has 1 fully saturated rings. The van der Waals surface area contributed by atoms with Crippen molar-refractivity contribution < 1.29 is 13.5 Å². The summed E-state index contributed by atoms with van der Waals surface area (Å²) in [7, 11) is -3.52. The second kappa shape index (κ2) is 5.06. The van der Waals surface area contributed by atoms with Crippen molar-refractivity contribution in [2.45, 2.75) is 36.3 Å². The molecule has 0 saturated heterocycles. The van der Waals surface area contributed by atoms with E-state index in [2.05, 4.69) is 20.7 Å². The Morgan fingerprint density at radius 1 is 1.24 bits per heavy atom. The van der Waals surface area contributed by atoms with Crippen LogP contribution in [0.15, 0.2) is 33.6 Å². The molecular weight excluding hydrogens is 306 g/mol. The first-order valence-corrected chi connectivity index (χ1v) is 7.72. The maximum Gasteiger partial charge on any atom is 0.240 e. The molecular formula is C11H14BrNO3S. The van der Waals surface area contributed by atoms with Gasteiger partial charge in [0.1, 0.15) is 0 Å². The molecule has 1 aliphatic rings. The predicted octanol–water partition coefficient (Wildman–Crippen LogP) is 1.64. The third kappa shape index (κ3) is 3.07. The van der Waals surface area contributed by atoms with Crippen molar-refractivity contribution in [2.24, 2.45) is 0 Å². The molecule has 0 heterocycles. The topological polar surface area (TPSA) is 66.4 Å². The Bertz CT molecular complexity index is 486. The summed E-state index contributed by atoms with van der Waals surface area (Å²) >= 11 is 3.25. The summed E-state index contributed by atoms with van der Waals surface area (Å²) in [6.45, 7) is 0. The van der Waals surface area contributed by atoms with Gasteiger partial charge in [-0.05, 0) is 43.5 Å². The highest BCUT2D eigenvalue weighted by Crippen LogP contribution is 2.21. The van der Waals surface area contributed by atoms with Crippen molar-refractivity contribution in [2.75, 3.05) is 0 Å². The lowest BCUT2D eigenvalue weighted by Gasteiger charge is -2.16. The van der Waals surface area contributed by atoms with Gasteiger partial charge in [0.25, 0.3) is 0 Å². The first-order valence-electron chi connectivity index (χ1n) is 5.45. The second-order valence-corrected chi connectivity index (χ2v) is 6.81. The van der Waals surface area contributed by atoms with Crippen LogP contribution < -0.4 is 4.72 Å². The van der Waals surface area contributed by atoms with Gasteiger partial charge in [0.2, 0.25) is 10.0 Å². The summed E-state index contributed by atoms with van der Waals surface area (Å²) in [4.78, 5) is 0.222. The maximum absolute atomic E-state index is 12.0. The van der Waals surface area contributed by atoms with Crippen LogP contribution in [-0.4, -0.2) is 25.7 Å². The molecule has 1 aliphatic carbocycles. The summed E-state index contributed by atoms with van der Waals surface area (Å²) in [5.41, 5.74) is 0. The highest BCUT2D eigenvalue weighted by Gasteiger charge is 2.29. The van der Waals surface area contributed by atoms with Crippen molar-refractivity contribution >= 4 is 26.0 Å². The smallest absolute Gasteiger partial charge is 0.240 e. The van der Waals surface area contributed by atoms with Gasteiger partial charge in [0, 0.05) is 10.5 Å². The minimum atomic E-state index is -3.52. The van der Waals surface area contributed by atoms with Crippen LogP contribution in [0.5, 0.6) is 0 Å². The Balaban J connectivity index is 2.16. The molecule has 2 atom stereocenters. The fraction of sp³-hybridized carbons (Fsp3) is 0.455. The zero-order valence-corrected chi connectivity index (χ0v) is 11.5. The monoisotopic (exact) mass is 319 g/mol. The Hall–Kier alpha value is -0.430. The van der Waals surface area contributed by atoms with Crippen molar-refractivity contribution in [1.29, 1.82) is 0 Å². The van der Waals surface area contributed by atoms with Gasteiger partial charge in [-0.1, -0.05) is 15.9 Å². The van der Waals surface area contributed by atoms with Crippen LogP contribution in [0, 0.1) is 0 Å². The van der Waals surface area contributed by atoms with E-state index in [0.717, 1.165) is 10.9 Å². The molecule has 94 valence electrons. The first-order chi connectivity index (χ1) is 7.99. The predicted molar refractivity (Wildman–Crippen MR) is 68.1 cm³/mol. The number of sulfonamides is 1. The van der Waals surface area contributed by atoms with E-state index in [9.17, 15) is 13.5 Å². The molecule has 1 aromatic carbocycles. The van der Waals surface area contributed by atoms with Gasteiger partial charge < -0.3 is 5.11 Å². The molecule has 2 N–H and O–H groups in total. The summed E-state index contributed by atoms with van der Waals surface area (Å²) in [5, 5.41) is 9.61. The number of aliphatic hydroxyl groups is 1. The fourth-order valence-corrected chi connectivity index (χ4v) is 3.53. The van der Waals surface area contributed by atoms with Crippen LogP contribution in [0.3, 0.4) is 0 Å². The summed E-state index contributed by atoms with van der Waals surface area (Å²) in [6, 6.07) is 6.07. The summed E-state index contributed by atoms with van der Waals surface area (Å²) in [6.07, 6.45) is 1.64.